The summed E-state index contributed by atoms with van der Waals surface area (Å²) in [5.41, 5.74) is 1.15. The average molecular weight is 421 g/mol. The summed E-state index contributed by atoms with van der Waals surface area (Å²) >= 11 is 5.20. The molecule has 1 N–H and O–H groups in total. The Balaban J connectivity index is 1.74. The second kappa shape index (κ2) is 7.92. The Labute approximate surface area is 177 Å². The molecule has 1 aromatic heterocycles. The first-order valence-corrected chi connectivity index (χ1v) is 9.38. The molecule has 4 rings (SSSR count). The van der Waals surface area contributed by atoms with Gasteiger partial charge in [-0.1, -0.05) is 12.1 Å². The van der Waals surface area contributed by atoms with Crippen LogP contribution in [0, 0.1) is 5.82 Å². The predicted molar refractivity (Wildman–Crippen MR) is 115 cm³/mol. The van der Waals surface area contributed by atoms with Gasteiger partial charge in [-0.2, -0.15) is 0 Å². The van der Waals surface area contributed by atoms with E-state index in [1.54, 1.807) is 65.4 Å². The van der Waals surface area contributed by atoms with E-state index in [0.29, 0.717) is 22.8 Å². The fraction of sp³-hybridized carbons (Fsp3) is 0.0455. The Hall–Kier alpha value is -3.78. The van der Waals surface area contributed by atoms with Crippen molar-refractivity contribution in [3.05, 3.63) is 83.9 Å². The third-order valence-electron chi connectivity index (χ3n) is 4.62. The van der Waals surface area contributed by atoms with Gasteiger partial charge in [0.2, 0.25) is 0 Å². The van der Waals surface area contributed by atoms with Crippen molar-refractivity contribution in [1.82, 2.24) is 9.88 Å². The van der Waals surface area contributed by atoms with Crippen molar-refractivity contribution in [2.45, 2.75) is 0 Å². The first kappa shape index (κ1) is 19.5. The molecule has 6 nitrogen and oxygen atoms in total. The van der Waals surface area contributed by atoms with Crippen LogP contribution >= 0.6 is 12.2 Å². The van der Waals surface area contributed by atoms with Crippen LogP contribution in [0.4, 0.5) is 10.1 Å². The van der Waals surface area contributed by atoms with Crippen molar-refractivity contribution in [3.8, 4) is 11.4 Å². The minimum Gasteiger partial charge on any atom is -0.497 e. The van der Waals surface area contributed by atoms with Crippen LogP contribution in [0.15, 0.2) is 72.4 Å². The molecule has 3 aromatic rings. The molecule has 0 spiro atoms. The summed E-state index contributed by atoms with van der Waals surface area (Å²) in [5, 5.41) is 2.52. The monoisotopic (exact) mass is 421 g/mol. The maximum absolute atomic E-state index is 14.2. The van der Waals surface area contributed by atoms with Gasteiger partial charge in [0.1, 0.15) is 17.1 Å². The average Bonchev–Trinajstić information content (AvgIpc) is 3.20. The molecule has 8 heteroatoms. The highest BCUT2D eigenvalue weighted by atomic mass is 32.1. The van der Waals surface area contributed by atoms with E-state index in [1.807, 2.05) is 0 Å². The lowest BCUT2D eigenvalue weighted by atomic mass is 10.1. The predicted octanol–water partition coefficient (Wildman–Crippen LogP) is 3.46. The van der Waals surface area contributed by atoms with Gasteiger partial charge < -0.3 is 9.30 Å². The molecule has 150 valence electrons. The number of para-hydroxylation sites is 1. The second-order valence-electron chi connectivity index (χ2n) is 6.41. The molecule has 0 saturated carbocycles. The number of anilines is 1. The lowest BCUT2D eigenvalue weighted by Crippen LogP contribution is -2.54. The van der Waals surface area contributed by atoms with Crippen molar-refractivity contribution >= 4 is 40.9 Å². The maximum Gasteiger partial charge on any atom is 0.270 e. The normalized spacial score (nSPS) is 15.5. The molecule has 0 aliphatic carbocycles. The first-order chi connectivity index (χ1) is 14.5. The fourth-order valence-electron chi connectivity index (χ4n) is 3.15. The lowest BCUT2D eigenvalue weighted by Gasteiger charge is -2.29. The van der Waals surface area contributed by atoms with E-state index in [2.05, 4.69) is 5.32 Å². The Bertz CT molecular complexity index is 1180. The number of halogens is 1. The summed E-state index contributed by atoms with van der Waals surface area (Å²) in [6, 6.07) is 16.3. The minimum atomic E-state index is -0.615. The van der Waals surface area contributed by atoms with Crippen LogP contribution in [-0.2, 0) is 9.59 Å². The van der Waals surface area contributed by atoms with Gasteiger partial charge in [0.05, 0.1) is 18.5 Å². The van der Waals surface area contributed by atoms with Crippen LogP contribution in [0.2, 0.25) is 0 Å². The number of hydrogen-bond acceptors (Lipinski definition) is 4. The summed E-state index contributed by atoms with van der Waals surface area (Å²) in [4.78, 5) is 26.9. The number of nitrogens with one attached hydrogen (secondary N) is 1. The van der Waals surface area contributed by atoms with E-state index >= 15 is 0 Å². The largest absolute Gasteiger partial charge is 0.497 e. The fourth-order valence-corrected chi connectivity index (χ4v) is 3.43. The molecule has 1 aliphatic heterocycles. The molecule has 0 radical (unpaired) electrons. The van der Waals surface area contributed by atoms with Crippen LogP contribution in [0.1, 0.15) is 5.69 Å². The van der Waals surface area contributed by atoms with Crippen molar-refractivity contribution in [2.24, 2.45) is 0 Å². The van der Waals surface area contributed by atoms with Crippen molar-refractivity contribution in [3.63, 3.8) is 0 Å². The highest BCUT2D eigenvalue weighted by Gasteiger charge is 2.34. The number of ether oxygens (including phenoxy) is 1. The minimum absolute atomic E-state index is 0.0168. The second-order valence-corrected chi connectivity index (χ2v) is 6.80. The number of aromatic nitrogens is 1. The number of amides is 2. The smallest absolute Gasteiger partial charge is 0.270 e. The van der Waals surface area contributed by atoms with Gasteiger partial charge in [-0.25, -0.2) is 4.39 Å². The van der Waals surface area contributed by atoms with Gasteiger partial charge >= 0.3 is 0 Å². The van der Waals surface area contributed by atoms with Gasteiger partial charge in [-0.3, -0.25) is 19.8 Å². The molecular formula is C22H16FN3O3S. The number of carbonyl (C=O) groups excluding carboxylic acids is 2. The van der Waals surface area contributed by atoms with E-state index in [4.69, 9.17) is 17.0 Å². The molecule has 1 saturated heterocycles. The standard InChI is InChI=1S/C22H16FN3O3S/c1-29-16-10-8-14(9-11-16)26-21(28)17(20(27)24-22(26)30)13-15-5-4-12-25(15)19-7-3-2-6-18(19)23/h2-13H,1H3,(H,24,27,30)/b17-13-. The number of rotatable bonds is 4. The van der Waals surface area contributed by atoms with Crippen LogP contribution in [0.25, 0.3) is 11.8 Å². The Morgan fingerprint density at radius 3 is 2.47 bits per heavy atom. The van der Waals surface area contributed by atoms with Crippen LogP contribution in [-0.4, -0.2) is 28.6 Å². The van der Waals surface area contributed by atoms with E-state index in [-0.39, 0.29) is 10.7 Å². The van der Waals surface area contributed by atoms with Gasteiger partial charge in [0, 0.05) is 11.9 Å². The molecule has 0 unspecified atom stereocenters. The zero-order chi connectivity index (χ0) is 21.3. The van der Waals surface area contributed by atoms with Crippen molar-refractivity contribution < 1.29 is 18.7 Å². The molecule has 1 aliphatic rings. The lowest BCUT2D eigenvalue weighted by molar-refractivity contribution is -0.122. The summed E-state index contributed by atoms with van der Waals surface area (Å²) in [6.07, 6.45) is 3.07. The quantitative estimate of drug-likeness (QED) is 0.398. The van der Waals surface area contributed by atoms with Gasteiger partial charge in [-0.05, 0) is 66.8 Å². The van der Waals surface area contributed by atoms with Crippen LogP contribution in [0.3, 0.4) is 0 Å². The van der Waals surface area contributed by atoms with E-state index in [9.17, 15) is 14.0 Å². The molecule has 2 heterocycles. The molecule has 0 bridgehead atoms. The highest BCUT2D eigenvalue weighted by molar-refractivity contribution is 7.80. The van der Waals surface area contributed by atoms with Crippen LogP contribution < -0.4 is 15.0 Å². The molecule has 30 heavy (non-hydrogen) atoms. The zero-order valence-electron chi connectivity index (χ0n) is 15.8. The molecule has 1 fully saturated rings. The summed E-state index contributed by atoms with van der Waals surface area (Å²) in [7, 11) is 1.54. The number of benzene rings is 2. The first-order valence-electron chi connectivity index (χ1n) is 8.97. The van der Waals surface area contributed by atoms with E-state index < -0.39 is 17.6 Å². The SMILES string of the molecule is COc1ccc(N2C(=O)/C(=C\c3cccn3-c3ccccc3F)C(=O)NC2=S)cc1. The van der Waals surface area contributed by atoms with Gasteiger partial charge in [0.15, 0.2) is 5.11 Å². The Morgan fingerprint density at radius 2 is 1.77 bits per heavy atom. The third-order valence-corrected chi connectivity index (χ3v) is 4.90. The molecule has 2 amide bonds. The molecule has 2 aromatic carbocycles. The number of carbonyl (C=O) groups is 2. The Morgan fingerprint density at radius 1 is 1.03 bits per heavy atom. The van der Waals surface area contributed by atoms with E-state index in [1.165, 1.54) is 24.2 Å². The van der Waals surface area contributed by atoms with Gasteiger partial charge in [-0.15, -0.1) is 0 Å². The zero-order valence-corrected chi connectivity index (χ0v) is 16.7. The Kier molecular flexibility index (Phi) is 5.16. The summed E-state index contributed by atoms with van der Waals surface area (Å²) < 4.78 is 20.9. The highest BCUT2D eigenvalue weighted by Crippen LogP contribution is 2.25. The van der Waals surface area contributed by atoms with Crippen LogP contribution in [0.5, 0.6) is 5.75 Å². The summed E-state index contributed by atoms with van der Waals surface area (Å²) in [5.74, 6) is -0.989. The van der Waals surface area contributed by atoms with Crippen molar-refractivity contribution in [2.75, 3.05) is 12.0 Å². The van der Waals surface area contributed by atoms with Gasteiger partial charge in [0.25, 0.3) is 11.8 Å². The molecule has 0 atom stereocenters. The van der Waals surface area contributed by atoms with Crippen molar-refractivity contribution in [1.29, 1.82) is 0 Å². The number of nitrogens with zero attached hydrogens (tertiary/aromatic N) is 2. The van der Waals surface area contributed by atoms with E-state index in [0.717, 1.165) is 0 Å². The number of methoxy groups -OCH3 is 1. The topological polar surface area (TPSA) is 63.6 Å². The summed E-state index contributed by atoms with van der Waals surface area (Å²) in [6.45, 7) is 0. The third kappa shape index (κ3) is 3.48. The molecular weight excluding hydrogens is 405 g/mol. The number of thiocarbonyl (C=S) groups is 1. The number of hydrogen-bond donors (Lipinski definition) is 1. The maximum atomic E-state index is 14.2.